The van der Waals surface area contributed by atoms with Gasteiger partial charge in [0.2, 0.25) is 5.91 Å². The van der Waals surface area contributed by atoms with E-state index in [0.29, 0.717) is 6.54 Å². The normalized spacial score (nSPS) is 24.1. The number of hydrogen-bond acceptors (Lipinski definition) is 3. The maximum Gasteiger partial charge on any atom is 0.236 e. The molecule has 0 aromatic heterocycles. The Bertz CT molecular complexity index is 294. The van der Waals surface area contributed by atoms with Crippen LogP contribution in [0.4, 0.5) is 0 Å². The molecule has 102 valence electrons. The van der Waals surface area contributed by atoms with Crippen molar-refractivity contribution in [1.29, 1.82) is 5.26 Å². The van der Waals surface area contributed by atoms with Crippen LogP contribution >= 0.6 is 0 Å². The Morgan fingerprint density at radius 1 is 1.28 bits per heavy atom. The molecular weight excluding hydrogens is 226 g/mol. The molecule has 0 aliphatic heterocycles. The average molecular weight is 251 g/mol. The molecule has 0 aromatic carbocycles. The van der Waals surface area contributed by atoms with Gasteiger partial charge in [0.05, 0.1) is 18.5 Å². The van der Waals surface area contributed by atoms with E-state index in [1.165, 1.54) is 6.42 Å². The number of likely N-dealkylation sites (N-methyl/N-ethyl adjacent to an activating group) is 1. The van der Waals surface area contributed by atoms with E-state index in [9.17, 15) is 4.79 Å². The van der Waals surface area contributed by atoms with Crippen molar-refractivity contribution in [1.82, 2.24) is 10.2 Å². The number of hydrogen-bond donors (Lipinski definition) is 1. The summed E-state index contributed by atoms with van der Waals surface area (Å²) >= 11 is 0. The first kappa shape index (κ1) is 15.0. The minimum Gasteiger partial charge on any atom is -0.342 e. The highest BCUT2D eigenvalue weighted by Crippen LogP contribution is 2.22. The van der Waals surface area contributed by atoms with Gasteiger partial charge >= 0.3 is 0 Å². The lowest BCUT2D eigenvalue weighted by Gasteiger charge is -2.23. The average Bonchev–Trinajstić information content (AvgIpc) is 2.62. The molecule has 1 aliphatic rings. The lowest BCUT2D eigenvalue weighted by atomic mass is 9.96. The molecule has 0 saturated heterocycles. The van der Waals surface area contributed by atoms with Gasteiger partial charge in [-0.1, -0.05) is 19.3 Å². The summed E-state index contributed by atoms with van der Waals surface area (Å²) in [5.41, 5.74) is 0. The highest BCUT2D eigenvalue weighted by molar-refractivity contribution is 5.78. The molecule has 2 unspecified atom stereocenters. The molecule has 1 saturated carbocycles. The Morgan fingerprint density at radius 2 is 1.94 bits per heavy atom. The molecule has 0 heterocycles. The van der Waals surface area contributed by atoms with Gasteiger partial charge in [0.15, 0.2) is 0 Å². The van der Waals surface area contributed by atoms with Crippen LogP contribution in [0, 0.1) is 17.2 Å². The third-order valence-corrected chi connectivity index (χ3v) is 3.81. The maximum absolute atomic E-state index is 11.9. The minimum atomic E-state index is 0.0667. The van der Waals surface area contributed by atoms with Crippen LogP contribution in [-0.2, 0) is 4.79 Å². The van der Waals surface area contributed by atoms with Gasteiger partial charge < -0.3 is 10.2 Å². The highest BCUT2D eigenvalue weighted by Gasteiger charge is 2.24. The molecule has 1 rings (SSSR count). The van der Waals surface area contributed by atoms with Crippen LogP contribution in [0.1, 0.15) is 46.0 Å². The van der Waals surface area contributed by atoms with Crippen molar-refractivity contribution < 1.29 is 4.79 Å². The Morgan fingerprint density at radius 3 is 2.56 bits per heavy atom. The fourth-order valence-corrected chi connectivity index (χ4v) is 2.61. The molecule has 1 aliphatic carbocycles. The van der Waals surface area contributed by atoms with E-state index >= 15 is 0 Å². The predicted octanol–water partition coefficient (Wildman–Crippen LogP) is 1.92. The quantitative estimate of drug-likeness (QED) is 0.759. The van der Waals surface area contributed by atoms with Gasteiger partial charge in [-0.15, -0.1) is 0 Å². The summed E-state index contributed by atoms with van der Waals surface area (Å²) in [6, 6.07) is 2.58. The third-order valence-electron chi connectivity index (χ3n) is 3.81. The largest absolute Gasteiger partial charge is 0.342 e. The number of nitriles is 1. The van der Waals surface area contributed by atoms with E-state index in [2.05, 4.69) is 11.4 Å². The zero-order valence-corrected chi connectivity index (χ0v) is 11.6. The Balaban J connectivity index is 2.45. The van der Waals surface area contributed by atoms with Gasteiger partial charge in [-0.3, -0.25) is 4.79 Å². The number of nitrogens with one attached hydrogen (secondary N) is 1. The molecule has 1 N–H and O–H groups in total. The molecule has 2 atom stereocenters. The van der Waals surface area contributed by atoms with Crippen LogP contribution in [0.15, 0.2) is 0 Å². The number of rotatable bonds is 5. The van der Waals surface area contributed by atoms with E-state index in [0.717, 1.165) is 38.8 Å². The second kappa shape index (κ2) is 8.10. The predicted molar refractivity (Wildman–Crippen MR) is 71.9 cm³/mol. The Labute approximate surface area is 110 Å². The van der Waals surface area contributed by atoms with Crippen molar-refractivity contribution in [3.63, 3.8) is 0 Å². The summed E-state index contributed by atoms with van der Waals surface area (Å²) < 4.78 is 0. The summed E-state index contributed by atoms with van der Waals surface area (Å²) in [6.07, 6.45) is 5.49. The Hall–Kier alpha value is -1.08. The van der Waals surface area contributed by atoms with Gasteiger partial charge in [-0.2, -0.15) is 5.26 Å². The first-order chi connectivity index (χ1) is 8.72. The summed E-state index contributed by atoms with van der Waals surface area (Å²) in [4.78, 5) is 13.7. The van der Waals surface area contributed by atoms with Crippen LogP contribution in [-0.4, -0.2) is 36.5 Å². The van der Waals surface area contributed by atoms with Crippen molar-refractivity contribution in [2.45, 2.75) is 52.0 Å². The Kier molecular flexibility index (Phi) is 6.74. The highest BCUT2D eigenvalue weighted by atomic mass is 16.2. The zero-order valence-electron chi connectivity index (χ0n) is 11.6. The molecule has 1 amide bonds. The molecular formula is C14H25N3O. The third kappa shape index (κ3) is 4.30. The van der Waals surface area contributed by atoms with E-state index in [1.807, 2.05) is 18.7 Å². The second-order valence-corrected chi connectivity index (χ2v) is 4.93. The van der Waals surface area contributed by atoms with Crippen LogP contribution in [0.25, 0.3) is 0 Å². The molecule has 0 spiro atoms. The lowest BCUT2D eigenvalue weighted by molar-refractivity contribution is -0.130. The van der Waals surface area contributed by atoms with Crippen molar-refractivity contribution in [2.75, 3.05) is 19.6 Å². The topological polar surface area (TPSA) is 56.1 Å². The molecule has 0 aromatic rings. The van der Waals surface area contributed by atoms with Gasteiger partial charge in [0.1, 0.15) is 0 Å². The van der Waals surface area contributed by atoms with E-state index in [1.54, 1.807) is 0 Å². The molecule has 1 fully saturated rings. The lowest BCUT2D eigenvalue weighted by Crippen LogP contribution is -2.43. The molecule has 18 heavy (non-hydrogen) atoms. The first-order valence-corrected chi connectivity index (χ1v) is 7.13. The number of carbonyl (C=O) groups excluding carboxylic acids is 1. The number of nitrogens with zero attached hydrogens (tertiary/aromatic N) is 2. The zero-order chi connectivity index (χ0) is 13.4. The SMILES string of the molecule is CCN(CC)C(=O)CNC1CCCCCC1C#N. The summed E-state index contributed by atoms with van der Waals surface area (Å²) in [6.45, 7) is 5.85. The first-order valence-electron chi connectivity index (χ1n) is 7.13. The summed E-state index contributed by atoms with van der Waals surface area (Å²) in [5, 5.41) is 12.5. The van der Waals surface area contributed by atoms with E-state index in [4.69, 9.17) is 5.26 Å². The summed E-state index contributed by atoms with van der Waals surface area (Å²) in [5.74, 6) is 0.206. The van der Waals surface area contributed by atoms with Crippen molar-refractivity contribution in [3.05, 3.63) is 0 Å². The number of carbonyl (C=O) groups is 1. The van der Waals surface area contributed by atoms with Crippen molar-refractivity contribution in [3.8, 4) is 6.07 Å². The fourth-order valence-electron chi connectivity index (χ4n) is 2.61. The van der Waals surface area contributed by atoms with Gasteiger partial charge in [0, 0.05) is 19.1 Å². The van der Waals surface area contributed by atoms with Crippen LogP contribution < -0.4 is 5.32 Å². The molecule has 4 heteroatoms. The standard InChI is InChI=1S/C14H25N3O/c1-3-17(4-2)14(18)11-16-13-9-7-5-6-8-12(13)10-15/h12-13,16H,3-9,11H2,1-2H3. The molecule has 4 nitrogen and oxygen atoms in total. The fraction of sp³-hybridized carbons (Fsp3) is 0.857. The van der Waals surface area contributed by atoms with Gasteiger partial charge in [-0.05, 0) is 26.7 Å². The van der Waals surface area contributed by atoms with Crippen LogP contribution in [0.3, 0.4) is 0 Å². The van der Waals surface area contributed by atoms with Crippen LogP contribution in [0.5, 0.6) is 0 Å². The van der Waals surface area contributed by atoms with E-state index in [-0.39, 0.29) is 17.9 Å². The second-order valence-electron chi connectivity index (χ2n) is 4.93. The monoisotopic (exact) mass is 251 g/mol. The van der Waals surface area contributed by atoms with Gasteiger partial charge in [0.25, 0.3) is 0 Å². The smallest absolute Gasteiger partial charge is 0.236 e. The summed E-state index contributed by atoms with van der Waals surface area (Å²) in [7, 11) is 0. The maximum atomic E-state index is 11.9. The van der Waals surface area contributed by atoms with E-state index < -0.39 is 0 Å². The number of amides is 1. The molecule has 0 radical (unpaired) electrons. The van der Waals surface area contributed by atoms with Crippen molar-refractivity contribution in [2.24, 2.45) is 5.92 Å². The molecule has 0 bridgehead atoms. The van der Waals surface area contributed by atoms with Gasteiger partial charge in [-0.25, -0.2) is 0 Å². The minimum absolute atomic E-state index is 0.0667. The van der Waals surface area contributed by atoms with Crippen molar-refractivity contribution >= 4 is 5.91 Å². The van der Waals surface area contributed by atoms with Crippen LogP contribution in [0.2, 0.25) is 0 Å².